The van der Waals surface area contributed by atoms with E-state index in [0.717, 1.165) is 6.42 Å². The van der Waals surface area contributed by atoms with Crippen LogP contribution in [0, 0.1) is 5.92 Å². The molecule has 1 fully saturated rings. The van der Waals surface area contributed by atoms with Gasteiger partial charge in [-0.25, -0.2) is 0 Å². The minimum atomic E-state index is -0.192. The maximum atomic E-state index is 11.9. The zero-order valence-corrected chi connectivity index (χ0v) is 11.5. The molecule has 1 aliphatic heterocycles. The molecule has 0 radical (unpaired) electrons. The first-order valence-corrected chi connectivity index (χ1v) is 6.36. The summed E-state index contributed by atoms with van der Waals surface area (Å²) in [5, 5.41) is 2.95. The number of likely N-dealkylation sites (tertiary alicyclic amines) is 1. The highest BCUT2D eigenvalue weighted by Crippen LogP contribution is 2.25. The molecule has 1 rings (SSSR count). The highest BCUT2D eigenvalue weighted by Gasteiger charge is 2.39. The Morgan fingerprint density at radius 1 is 1.53 bits per heavy atom. The van der Waals surface area contributed by atoms with Crippen LogP contribution in [0.4, 0.5) is 0 Å². The van der Waals surface area contributed by atoms with Gasteiger partial charge in [0.1, 0.15) is 0 Å². The first kappa shape index (κ1) is 14.0. The lowest BCUT2D eigenvalue weighted by atomic mass is 10.1. The fourth-order valence-corrected chi connectivity index (χ4v) is 1.99. The van der Waals surface area contributed by atoms with Crippen molar-refractivity contribution in [2.75, 3.05) is 6.54 Å². The minimum Gasteiger partial charge on any atom is -0.353 e. The van der Waals surface area contributed by atoms with Crippen molar-refractivity contribution in [3.8, 4) is 0 Å². The zero-order chi connectivity index (χ0) is 13.2. The molecule has 98 valence electrons. The molecule has 1 aliphatic rings. The lowest BCUT2D eigenvalue weighted by Gasteiger charge is -2.32. The van der Waals surface area contributed by atoms with Gasteiger partial charge in [0.15, 0.2) is 0 Å². The van der Waals surface area contributed by atoms with Gasteiger partial charge in [-0.1, -0.05) is 6.92 Å². The van der Waals surface area contributed by atoms with E-state index in [1.807, 2.05) is 34.6 Å². The molecule has 2 atom stereocenters. The summed E-state index contributed by atoms with van der Waals surface area (Å²) in [5.41, 5.74) is -0.192. The first-order chi connectivity index (χ1) is 7.75. The SMILES string of the molecule is CCC(C)NC(=O)C1CC(=O)N(C(C)(C)C)C1. The van der Waals surface area contributed by atoms with Crippen LogP contribution >= 0.6 is 0 Å². The van der Waals surface area contributed by atoms with Crippen LogP contribution in [-0.4, -0.2) is 34.8 Å². The quantitative estimate of drug-likeness (QED) is 0.813. The van der Waals surface area contributed by atoms with Gasteiger partial charge in [0.25, 0.3) is 0 Å². The summed E-state index contributed by atoms with van der Waals surface area (Å²) in [4.78, 5) is 25.6. The molecule has 0 saturated carbocycles. The van der Waals surface area contributed by atoms with Gasteiger partial charge < -0.3 is 10.2 Å². The molecular formula is C13H24N2O2. The third kappa shape index (κ3) is 3.45. The van der Waals surface area contributed by atoms with E-state index in [2.05, 4.69) is 5.32 Å². The second-order valence-corrected chi connectivity index (χ2v) is 5.89. The monoisotopic (exact) mass is 240 g/mol. The van der Waals surface area contributed by atoms with Crippen molar-refractivity contribution in [2.45, 2.75) is 59.0 Å². The second kappa shape index (κ2) is 5.07. The van der Waals surface area contributed by atoms with Gasteiger partial charge in [-0.15, -0.1) is 0 Å². The lowest BCUT2D eigenvalue weighted by Crippen LogP contribution is -2.43. The van der Waals surface area contributed by atoms with Gasteiger partial charge in [-0.3, -0.25) is 9.59 Å². The van der Waals surface area contributed by atoms with Crippen molar-refractivity contribution in [1.29, 1.82) is 0 Å². The van der Waals surface area contributed by atoms with E-state index in [1.165, 1.54) is 0 Å². The van der Waals surface area contributed by atoms with Gasteiger partial charge in [0.2, 0.25) is 11.8 Å². The first-order valence-electron chi connectivity index (χ1n) is 6.36. The molecule has 4 nitrogen and oxygen atoms in total. The van der Waals surface area contributed by atoms with E-state index < -0.39 is 0 Å². The van der Waals surface area contributed by atoms with Crippen LogP contribution in [0.25, 0.3) is 0 Å². The van der Waals surface area contributed by atoms with Gasteiger partial charge in [-0.05, 0) is 34.1 Å². The van der Waals surface area contributed by atoms with Crippen LogP contribution in [0.5, 0.6) is 0 Å². The van der Waals surface area contributed by atoms with Gasteiger partial charge in [-0.2, -0.15) is 0 Å². The van der Waals surface area contributed by atoms with Crippen molar-refractivity contribution in [3.63, 3.8) is 0 Å². The number of nitrogens with one attached hydrogen (secondary N) is 1. The Kier molecular flexibility index (Phi) is 4.17. The Morgan fingerprint density at radius 3 is 2.53 bits per heavy atom. The van der Waals surface area contributed by atoms with Crippen molar-refractivity contribution < 1.29 is 9.59 Å². The fourth-order valence-electron chi connectivity index (χ4n) is 1.99. The molecule has 2 amide bonds. The molecule has 0 spiro atoms. The Morgan fingerprint density at radius 2 is 2.12 bits per heavy atom. The number of rotatable bonds is 3. The number of nitrogens with zero attached hydrogens (tertiary/aromatic N) is 1. The summed E-state index contributed by atoms with van der Waals surface area (Å²) >= 11 is 0. The van der Waals surface area contributed by atoms with E-state index in [-0.39, 0.29) is 29.3 Å². The predicted octanol–water partition coefficient (Wildman–Crippen LogP) is 1.55. The van der Waals surface area contributed by atoms with Crippen molar-refractivity contribution in [2.24, 2.45) is 5.92 Å². The third-order valence-electron chi connectivity index (χ3n) is 3.31. The van der Waals surface area contributed by atoms with Crippen molar-refractivity contribution in [3.05, 3.63) is 0 Å². The zero-order valence-electron chi connectivity index (χ0n) is 11.5. The minimum absolute atomic E-state index is 0.0134. The molecule has 4 heteroatoms. The van der Waals surface area contributed by atoms with Crippen LogP contribution in [0.15, 0.2) is 0 Å². The summed E-state index contributed by atoms with van der Waals surface area (Å²) in [6.07, 6.45) is 1.26. The topological polar surface area (TPSA) is 49.4 Å². The molecule has 1 heterocycles. The van der Waals surface area contributed by atoms with E-state index in [0.29, 0.717) is 13.0 Å². The summed E-state index contributed by atoms with van der Waals surface area (Å²) < 4.78 is 0. The fraction of sp³-hybridized carbons (Fsp3) is 0.846. The maximum Gasteiger partial charge on any atom is 0.225 e. The maximum absolute atomic E-state index is 11.9. The Labute approximate surface area is 104 Å². The molecule has 17 heavy (non-hydrogen) atoms. The van der Waals surface area contributed by atoms with E-state index in [4.69, 9.17) is 0 Å². The van der Waals surface area contributed by atoms with Crippen LogP contribution in [0.3, 0.4) is 0 Å². The number of hydrogen-bond acceptors (Lipinski definition) is 2. The number of amides is 2. The van der Waals surface area contributed by atoms with E-state index in [1.54, 1.807) is 4.90 Å². The van der Waals surface area contributed by atoms with E-state index >= 15 is 0 Å². The normalized spacial score (nSPS) is 22.8. The molecule has 0 aromatic carbocycles. The number of carbonyl (C=O) groups excluding carboxylic acids is 2. The highest BCUT2D eigenvalue weighted by molar-refractivity contribution is 5.89. The molecule has 1 N–H and O–H groups in total. The molecule has 1 saturated heterocycles. The molecule has 2 unspecified atom stereocenters. The van der Waals surface area contributed by atoms with Gasteiger partial charge >= 0.3 is 0 Å². The standard InChI is InChI=1S/C13H24N2O2/c1-6-9(2)14-12(17)10-7-11(16)15(8-10)13(3,4)5/h9-10H,6-8H2,1-5H3,(H,14,17). The second-order valence-electron chi connectivity index (χ2n) is 5.89. The van der Waals surface area contributed by atoms with Gasteiger partial charge in [0.05, 0.1) is 5.92 Å². The lowest BCUT2D eigenvalue weighted by molar-refractivity contribution is -0.132. The number of hydrogen-bond donors (Lipinski definition) is 1. The summed E-state index contributed by atoms with van der Waals surface area (Å²) in [6, 6.07) is 0.182. The molecule has 0 aliphatic carbocycles. The molecule has 0 aromatic rings. The van der Waals surface area contributed by atoms with Crippen molar-refractivity contribution in [1.82, 2.24) is 10.2 Å². The third-order valence-corrected chi connectivity index (χ3v) is 3.31. The summed E-state index contributed by atoms with van der Waals surface area (Å²) in [7, 11) is 0. The average Bonchev–Trinajstić information content (AvgIpc) is 2.59. The van der Waals surface area contributed by atoms with Gasteiger partial charge in [0, 0.05) is 24.5 Å². The van der Waals surface area contributed by atoms with E-state index in [9.17, 15) is 9.59 Å². The van der Waals surface area contributed by atoms with Crippen LogP contribution in [0.2, 0.25) is 0 Å². The summed E-state index contributed by atoms with van der Waals surface area (Å²) in [6.45, 7) is 10.6. The summed E-state index contributed by atoms with van der Waals surface area (Å²) in [5.74, 6) is -0.0861. The molecule has 0 aromatic heterocycles. The highest BCUT2D eigenvalue weighted by atomic mass is 16.2. The average molecular weight is 240 g/mol. The molecule has 0 bridgehead atoms. The van der Waals surface area contributed by atoms with Crippen LogP contribution in [0.1, 0.15) is 47.5 Å². The Bertz CT molecular complexity index is 307. The largest absolute Gasteiger partial charge is 0.353 e. The Hall–Kier alpha value is -1.06. The predicted molar refractivity (Wildman–Crippen MR) is 67.5 cm³/mol. The van der Waals surface area contributed by atoms with Crippen molar-refractivity contribution >= 4 is 11.8 Å². The Balaban J connectivity index is 2.60. The van der Waals surface area contributed by atoms with Crippen LogP contribution in [-0.2, 0) is 9.59 Å². The van der Waals surface area contributed by atoms with Crippen LogP contribution < -0.4 is 5.32 Å². The smallest absolute Gasteiger partial charge is 0.225 e. The molecular weight excluding hydrogens is 216 g/mol. The number of carbonyl (C=O) groups is 2.